The average Bonchev–Trinajstić information content (AvgIpc) is 1.69. The van der Waals surface area contributed by atoms with Crippen LogP contribution in [0.2, 0.25) is 0 Å². The van der Waals surface area contributed by atoms with Crippen molar-refractivity contribution in [2.24, 2.45) is 0 Å². The van der Waals surface area contributed by atoms with Gasteiger partial charge in [-0.05, 0) is 12.7 Å². The summed E-state index contributed by atoms with van der Waals surface area (Å²) in [5, 5.41) is 8.14. The van der Waals surface area contributed by atoms with E-state index in [9.17, 15) is 4.79 Å². The number of hydrogen-bond acceptors (Lipinski definition) is 2. The van der Waals surface area contributed by atoms with Crippen molar-refractivity contribution in [1.82, 2.24) is 0 Å². The summed E-state index contributed by atoms with van der Waals surface area (Å²) in [6.07, 6.45) is 2.51. The zero-order valence-corrected chi connectivity index (χ0v) is 5.86. The molecule has 1 unspecified atom stereocenters. The van der Waals surface area contributed by atoms with Crippen LogP contribution in [0.4, 0.5) is 0 Å². The van der Waals surface area contributed by atoms with E-state index in [0.717, 1.165) is 0 Å². The van der Waals surface area contributed by atoms with E-state index in [2.05, 4.69) is 0 Å². The number of rotatable bonds is 3. The van der Waals surface area contributed by atoms with Crippen LogP contribution in [0, 0.1) is 0 Å². The average molecular weight is 176 g/mol. The molecule has 0 bridgehead atoms. The van der Waals surface area contributed by atoms with Crippen molar-refractivity contribution in [1.29, 1.82) is 0 Å². The molecule has 1 N–H and O–H groups in total. The van der Waals surface area contributed by atoms with Crippen molar-refractivity contribution in [3.8, 4) is 0 Å². The molecule has 0 aliphatic heterocycles. The molecule has 0 fully saturated rings. The van der Waals surface area contributed by atoms with E-state index >= 15 is 0 Å². The van der Waals surface area contributed by atoms with Crippen molar-refractivity contribution >= 4 is 55.5 Å². The monoisotopic (exact) mass is 176 g/mol. The quantitative estimate of drug-likeness (QED) is 0.628. The minimum absolute atomic E-state index is 0. The standard InChI is InChI=1S/C5H10O2S.Ca.2H/c1-3-4(8-2)5(6)7;;;/h4H,3H2,1-2H3,(H,6,7);;;. The van der Waals surface area contributed by atoms with Gasteiger partial charge in [0, 0.05) is 0 Å². The fourth-order valence-corrected chi connectivity index (χ4v) is 0.977. The van der Waals surface area contributed by atoms with Gasteiger partial charge in [0.25, 0.3) is 0 Å². The van der Waals surface area contributed by atoms with E-state index in [1.54, 1.807) is 0 Å². The van der Waals surface area contributed by atoms with E-state index in [1.807, 2.05) is 13.2 Å². The first-order chi connectivity index (χ1) is 3.72. The van der Waals surface area contributed by atoms with Gasteiger partial charge >= 0.3 is 43.7 Å². The van der Waals surface area contributed by atoms with Gasteiger partial charge in [-0.25, -0.2) is 0 Å². The number of hydrogen-bond donors (Lipinski definition) is 1. The van der Waals surface area contributed by atoms with Crippen LogP contribution in [0.5, 0.6) is 0 Å². The van der Waals surface area contributed by atoms with Crippen molar-refractivity contribution in [3.63, 3.8) is 0 Å². The summed E-state index contributed by atoms with van der Waals surface area (Å²) in [6.45, 7) is 1.87. The molecule has 0 aromatic rings. The number of carboxylic acid groups (broad SMARTS) is 1. The van der Waals surface area contributed by atoms with E-state index in [1.165, 1.54) is 11.8 Å². The van der Waals surface area contributed by atoms with E-state index < -0.39 is 5.97 Å². The second-order valence-corrected chi connectivity index (χ2v) is 2.51. The molecule has 0 rings (SSSR count). The molecule has 0 aliphatic rings. The Bertz CT molecular complexity index is 83.0. The topological polar surface area (TPSA) is 37.3 Å². The van der Waals surface area contributed by atoms with Crippen LogP contribution in [0.3, 0.4) is 0 Å². The first-order valence-electron chi connectivity index (χ1n) is 2.48. The van der Waals surface area contributed by atoms with Crippen LogP contribution < -0.4 is 0 Å². The minimum atomic E-state index is -0.708. The molecule has 0 saturated carbocycles. The Kier molecular flexibility index (Phi) is 10.2. The molecular weight excluding hydrogens is 164 g/mol. The normalized spacial score (nSPS) is 11.8. The maximum absolute atomic E-state index is 10.1. The molecule has 2 nitrogen and oxygen atoms in total. The number of aliphatic carboxylic acids is 1. The van der Waals surface area contributed by atoms with Crippen LogP contribution in [-0.4, -0.2) is 60.3 Å². The Morgan fingerprint density at radius 2 is 2.22 bits per heavy atom. The van der Waals surface area contributed by atoms with Gasteiger partial charge in [-0.2, -0.15) is 11.8 Å². The van der Waals surface area contributed by atoms with E-state index in [0.29, 0.717) is 6.42 Å². The van der Waals surface area contributed by atoms with Crippen molar-refractivity contribution in [2.45, 2.75) is 18.6 Å². The number of carbonyl (C=O) groups is 1. The predicted molar refractivity (Wildman–Crippen MR) is 43.8 cm³/mol. The van der Waals surface area contributed by atoms with Gasteiger partial charge in [-0.15, -0.1) is 0 Å². The van der Waals surface area contributed by atoms with Crippen LogP contribution in [0.25, 0.3) is 0 Å². The molecule has 52 valence electrons. The van der Waals surface area contributed by atoms with Gasteiger partial charge < -0.3 is 5.11 Å². The summed E-state index contributed by atoms with van der Waals surface area (Å²) in [6, 6.07) is 0. The Morgan fingerprint density at radius 1 is 1.78 bits per heavy atom. The second kappa shape index (κ2) is 7.19. The Morgan fingerprint density at radius 3 is 2.22 bits per heavy atom. The van der Waals surface area contributed by atoms with Crippen molar-refractivity contribution in [2.75, 3.05) is 6.26 Å². The first-order valence-corrected chi connectivity index (χ1v) is 3.76. The van der Waals surface area contributed by atoms with Crippen LogP contribution >= 0.6 is 11.8 Å². The molecular formula is C5H12CaO2S. The van der Waals surface area contributed by atoms with Gasteiger partial charge in [0.2, 0.25) is 0 Å². The SMILES string of the molecule is CCC(SC)C(=O)O.[CaH2]. The summed E-state index contributed by atoms with van der Waals surface area (Å²) in [5.41, 5.74) is 0. The van der Waals surface area contributed by atoms with Crippen LogP contribution in [0.1, 0.15) is 13.3 Å². The summed E-state index contributed by atoms with van der Waals surface area (Å²) < 4.78 is 0. The van der Waals surface area contributed by atoms with Gasteiger partial charge in [0.15, 0.2) is 0 Å². The zero-order chi connectivity index (χ0) is 6.57. The van der Waals surface area contributed by atoms with Gasteiger partial charge in [0.1, 0.15) is 5.25 Å². The Hall–Kier alpha value is 1.08. The molecule has 4 heteroatoms. The van der Waals surface area contributed by atoms with Gasteiger partial charge in [-0.1, -0.05) is 6.92 Å². The number of thioether (sulfide) groups is 1. The summed E-state index contributed by atoms with van der Waals surface area (Å²) in [5.74, 6) is -0.708. The fourth-order valence-electron chi connectivity index (χ4n) is 0.442. The molecule has 0 aliphatic carbocycles. The Labute approximate surface area is 89.4 Å². The molecule has 0 aromatic heterocycles. The predicted octanol–water partition coefficient (Wildman–Crippen LogP) is 0.296. The van der Waals surface area contributed by atoms with Gasteiger partial charge in [0.05, 0.1) is 0 Å². The molecule has 0 saturated heterocycles. The van der Waals surface area contributed by atoms with E-state index in [4.69, 9.17) is 5.11 Å². The maximum atomic E-state index is 10.1. The molecule has 1 atom stereocenters. The molecule has 0 radical (unpaired) electrons. The fraction of sp³-hybridized carbons (Fsp3) is 0.800. The zero-order valence-electron chi connectivity index (χ0n) is 5.05. The second-order valence-electron chi connectivity index (χ2n) is 1.47. The molecule has 0 amide bonds. The summed E-state index contributed by atoms with van der Waals surface area (Å²) >= 11 is 1.38. The summed E-state index contributed by atoms with van der Waals surface area (Å²) in [4.78, 5) is 10.1. The first kappa shape index (κ1) is 12.7. The summed E-state index contributed by atoms with van der Waals surface area (Å²) in [7, 11) is 0. The molecule has 9 heavy (non-hydrogen) atoms. The third-order valence-electron chi connectivity index (χ3n) is 0.931. The van der Waals surface area contributed by atoms with E-state index in [-0.39, 0.29) is 43.0 Å². The molecule has 0 aromatic carbocycles. The van der Waals surface area contributed by atoms with Crippen molar-refractivity contribution < 1.29 is 9.90 Å². The van der Waals surface area contributed by atoms with Crippen LogP contribution in [0.15, 0.2) is 0 Å². The Balaban J connectivity index is 0. The van der Waals surface area contributed by atoms with Gasteiger partial charge in [-0.3, -0.25) is 4.79 Å². The molecule has 0 heterocycles. The molecule has 0 spiro atoms. The van der Waals surface area contributed by atoms with Crippen LogP contribution in [-0.2, 0) is 4.79 Å². The third-order valence-corrected chi connectivity index (χ3v) is 2.03. The van der Waals surface area contributed by atoms with Crippen molar-refractivity contribution in [3.05, 3.63) is 0 Å². The number of carboxylic acids is 1. The third kappa shape index (κ3) is 5.52.